The van der Waals surface area contributed by atoms with Gasteiger partial charge in [-0.05, 0) is 36.4 Å². The van der Waals surface area contributed by atoms with Crippen LogP contribution in [0.5, 0.6) is 0 Å². The zero-order valence-corrected chi connectivity index (χ0v) is 18.3. The Morgan fingerprint density at radius 1 is 1.32 bits per heavy atom. The average molecular weight is 468 g/mol. The molecule has 2 heterocycles. The summed E-state index contributed by atoms with van der Waals surface area (Å²) in [6.45, 7) is 0.770. The highest BCUT2D eigenvalue weighted by Crippen LogP contribution is 2.23. The van der Waals surface area contributed by atoms with Crippen molar-refractivity contribution in [3.8, 4) is 0 Å². The molecule has 1 fully saturated rings. The van der Waals surface area contributed by atoms with Gasteiger partial charge in [-0.15, -0.1) is 11.3 Å². The molecule has 31 heavy (non-hydrogen) atoms. The number of benzene rings is 1. The van der Waals surface area contributed by atoms with Crippen molar-refractivity contribution in [3.05, 3.63) is 45.6 Å². The number of carbonyl (C=O) groups excluding carboxylic acids is 3. The Balaban J connectivity index is 1.63. The number of halogens is 1. The van der Waals surface area contributed by atoms with Crippen LogP contribution in [-0.4, -0.2) is 69.1 Å². The van der Waals surface area contributed by atoms with E-state index in [1.807, 2.05) is 0 Å². The van der Waals surface area contributed by atoms with Gasteiger partial charge in [-0.25, -0.2) is 4.79 Å². The molecule has 1 aromatic heterocycles. The highest BCUT2D eigenvalue weighted by molar-refractivity contribution is 7.18. The maximum Gasteiger partial charge on any atom is 0.414 e. The number of carbonyl (C=O) groups is 3. The molecular formula is C20H22ClN3O6S. The number of morpholine rings is 1. The van der Waals surface area contributed by atoms with E-state index in [0.29, 0.717) is 33.7 Å². The van der Waals surface area contributed by atoms with Crippen molar-refractivity contribution < 1.29 is 29.0 Å². The van der Waals surface area contributed by atoms with Gasteiger partial charge in [0.1, 0.15) is 6.61 Å². The molecule has 0 spiro atoms. The molecule has 9 nitrogen and oxygen atoms in total. The Labute approximate surface area is 188 Å². The van der Waals surface area contributed by atoms with Crippen molar-refractivity contribution in [2.45, 2.75) is 6.10 Å². The van der Waals surface area contributed by atoms with Crippen LogP contribution in [-0.2, 0) is 14.3 Å². The number of hydrogen-bond acceptors (Lipinski definition) is 7. The average Bonchev–Trinajstić information content (AvgIpc) is 3.22. The number of hydrogen-bond donors (Lipinski definition) is 2. The lowest BCUT2D eigenvalue weighted by molar-refractivity contribution is -0.125. The van der Waals surface area contributed by atoms with Gasteiger partial charge in [0.15, 0.2) is 0 Å². The fourth-order valence-electron chi connectivity index (χ4n) is 3.01. The molecule has 0 bridgehead atoms. The number of methoxy groups -OCH3 is 1. The SMILES string of the molecule is COC(=O)N(C[C@@H](O)CNC(=O)c1ccc(Cl)s1)c1ccc(N2CCOCC2=O)cc1. The third-order valence-electron chi connectivity index (χ3n) is 4.54. The lowest BCUT2D eigenvalue weighted by atomic mass is 10.2. The van der Waals surface area contributed by atoms with E-state index in [4.69, 9.17) is 21.1 Å². The molecule has 1 aromatic carbocycles. The molecule has 0 radical (unpaired) electrons. The van der Waals surface area contributed by atoms with Crippen molar-refractivity contribution in [1.29, 1.82) is 0 Å². The molecule has 2 aromatic rings. The quantitative estimate of drug-likeness (QED) is 0.645. The Kier molecular flexibility index (Phi) is 7.85. The maximum atomic E-state index is 12.3. The maximum absolute atomic E-state index is 12.3. The molecular weight excluding hydrogens is 446 g/mol. The summed E-state index contributed by atoms with van der Waals surface area (Å²) >= 11 is 6.96. The van der Waals surface area contributed by atoms with Crippen LogP contribution < -0.4 is 15.1 Å². The molecule has 11 heteroatoms. The van der Waals surface area contributed by atoms with Crippen LogP contribution in [0.1, 0.15) is 9.67 Å². The van der Waals surface area contributed by atoms with Crippen molar-refractivity contribution in [2.24, 2.45) is 0 Å². The van der Waals surface area contributed by atoms with Gasteiger partial charge in [-0.3, -0.25) is 14.5 Å². The number of rotatable bonds is 7. The number of thiophene rings is 1. The molecule has 1 aliphatic heterocycles. The monoisotopic (exact) mass is 467 g/mol. The second-order valence-corrected chi connectivity index (χ2v) is 8.38. The van der Waals surface area contributed by atoms with Gasteiger partial charge in [0.25, 0.3) is 11.8 Å². The second-order valence-electron chi connectivity index (χ2n) is 6.66. The number of amides is 3. The lowest BCUT2D eigenvalue weighted by Gasteiger charge is -2.28. The summed E-state index contributed by atoms with van der Waals surface area (Å²) in [5, 5.41) is 13.0. The standard InChI is InChI=1S/C20H22ClN3O6S/c1-29-20(28)24(11-15(25)10-22-19(27)16-6-7-17(21)31-16)14-4-2-13(3-5-14)23-8-9-30-12-18(23)26/h2-7,15,25H,8-12H2,1H3,(H,22,27)/t15-/m0/s1. The molecule has 1 saturated heterocycles. The van der Waals surface area contributed by atoms with Crippen LogP contribution in [0.25, 0.3) is 0 Å². The summed E-state index contributed by atoms with van der Waals surface area (Å²) in [6.07, 6.45) is -1.70. The van der Waals surface area contributed by atoms with Crippen LogP contribution in [0.4, 0.5) is 16.2 Å². The van der Waals surface area contributed by atoms with Crippen LogP contribution in [0.15, 0.2) is 36.4 Å². The molecule has 0 unspecified atom stereocenters. The molecule has 166 valence electrons. The Hall–Kier alpha value is -2.66. The van der Waals surface area contributed by atoms with Gasteiger partial charge in [0.2, 0.25) is 0 Å². The van der Waals surface area contributed by atoms with Gasteiger partial charge in [0, 0.05) is 24.5 Å². The summed E-state index contributed by atoms with van der Waals surface area (Å²) in [5.41, 5.74) is 1.16. The van der Waals surface area contributed by atoms with Gasteiger partial charge in [-0.1, -0.05) is 11.6 Å². The molecule has 3 amide bonds. The topological polar surface area (TPSA) is 108 Å². The summed E-state index contributed by atoms with van der Waals surface area (Å²) in [7, 11) is 1.24. The first kappa shape index (κ1) is 23.0. The minimum Gasteiger partial charge on any atom is -0.452 e. The van der Waals surface area contributed by atoms with E-state index in [0.717, 1.165) is 11.3 Å². The predicted octanol–water partition coefficient (Wildman–Crippen LogP) is 2.13. The predicted molar refractivity (Wildman–Crippen MR) is 117 cm³/mol. The fourth-order valence-corrected chi connectivity index (χ4v) is 3.97. The smallest absolute Gasteiger partial charge is 0.414 e. The normalized spacial score (nSPS) is 14.8. The first-order chi connectivity index (χ1) is 14.9. The third-order valence-corrected chi connectivity index (χ3v) is 5.77. The first-order valence-corrected chi connectivity index (χ1v) is 10.6. The first-order valence-electron chi connectivity index (χ1n) is 9.44. The molecule has 0 aliphatic carbocycles. The lowest BCUT2D eigenvalue weighted by Crippen LogP contribution is -2.43. The Morgan fingerprint density at radius 3 is 2.68 bits per heavy atom. The van der Waals surface area contributed by atoms with Crippen molar-refractivity contribution in [2.75, 3.05) is 49.8 Å². The molecule has 3 rings (SSSR count). The van der Waals surface area contributed by atoms with E-state index in [-0.39, 0.29) is 31.5 Å². The van der Waals surface area contributed by atoms with Crippen LogP contribution >= 0.6 is 22.9 Å². The summed E-state index contributed by atoms with van der Waals surface area (Å²) in [6, 6.07) is 9.95. The van der Waals surface area contributed by atoms with Crippen molar-refractivity contribution in [1.82, 2.24) is 5.32 Å². The van der Waals surface area contributed by atoms with Crippen LogP contribution in [0.3, 0.4) is 0 Å². The van der Waals surface area contributed by atoms with E-state index in [9.17, 15) is 19.5 Å². The summed E-state index contributed by atoms with van der Waals surface area (Å²) in [4.78, 5) is 39.6. The van der Waals surface area contributed by atoms with Gasteiger partial charge >= 0.3 is 6.09 Å². The number of aliphatic hydroxyl groups is 1. The summed E-state index contributed by atoms with van der Waals surface area (Å²) in [5.74, 6) is -0.498. The Morgan fingerprint density at radius 2 is 2.06 bits per heavy atom. The minimum absolute atomic E-state index is 0.0334. The number of nitrogens with zero attached hydrogens (tertiary/aromatic N) is 2. The Bertz CT molecular complexity index is 935. The van der Waals surface area contributed by atoms with Crippen LogP contribution in [0, 0.1) is 0 Å². The summed E-state index contributed by atoms with van der Waals surface area (Å²) < 4.78 is 10.4. The third kappa shape index (κ3) is 5.95. The number of aliphatic hydroxyl groups excluding tert-OH is 1. The largest absolute Gasteiger partial charge is 0.452 e. The van der Waals surface area contributed by atoms with Crippen molar-refractivity contribution in [3.63, 3.8) is 0 Å². The van der Waals surface area contributed by atoms with Crippen molar-refractivity contribution >= 4 is 52.2 Å². The molecule has 0 saturated carbocycles. The van der Waals surface area contributed by atoms with E-state index >= 15 is 0 Å². The van der Waals surface area contributed by atoms with Gasteiger partial charge in [-0.2, -0.15) is 0 Å². The zero-order valence-electron chi connectivity index (χ0n) is 16.7. The number of anilines is 2. The highest BCUT2D eigenvalue weighted by atomic mass is 35.5. The van der Waals surface area contributed by atoms with E-state index in [1.165, 1.54) is 12.0 Å². The van der Waals surface area contributed by atoms with Gasteiger partial charge < -0.3 is 24.8 Å². The molecule has 2 N–H and O–H groups in total. The fraction of sp³-hybridized carbons (Fsp3) is 0.350. The molecule has 1 aliphatic rings. The number of ether oxygens (including phenoxy) is 2. The minimum atomic E-state index is -1.04. The van der Waals surface area contributed by atoms with Crippen LogP contribution in [0.2, 0.25) is 4.34 Å². The second kappa shape index (κ2) is 10.6. The van der Waals surface area contributed by atoms with E-state index < -0.39 is 12.2 Å². The zero-order chi connectivity index (χ0) is 22.4. The number of nitrogens with one attached hydrogen (secondary N) is 1. The van der Waals surface area contributed by atoms with Gasteiger partial charge in [0.05, 0.1) is 35.6 Å². The van der Waals surface area contributed by atoms with E-state index in [1.54, 1.807) is 41.3 Å². The van der Waals surface area contributed by atoms with E-state index in [2.05, 4.69) is 5.32 Å². The highest BCUT2D eigenvalue weighted by Gasteiger charge is 2.23. The molecule has 1 atom stereocenters.